The third-order valence-electron chi connectivity index (χ3n) is 4.97. The van der Waals surface area contributed by atoms with Gasteiger partial charge in [0.25, 0.3) is 0 Å². The molecule has 0 aromatic rings. The first kappa shape index (κ1) is 9.65. The Hall–Kier alpha value is -0.560. The van der Waals surface area contributed by atoms with Gasteiger partial charge in [-0.2, -0.15) is 0 Å². The number of allylic oxidation sites excluding steroid dienone is 2. The van der Waals surface area contributed by atoms with E-state index in [1.807, 2.05) is 0 Å². The molecule has 5 atom stereocenters. The number of nitrogens with two attached hydrogens (primary N) is 1. The van der Waals surface area contributed by atoms with Crippen molar-refractivity contribution in [1.29, 1.82) is 0 Å². The van der Waals surface area contributed by atoms with E-state index in [0.29, 0.717) is 17.9 Å². The summed E-state index contributed by atoms with van der Waals surface area (Å²) in [7, 11) is 0. The second-order valence-electron chi connectivity index (χ2n) is 5.61. The van der Waals surface area contributed by atoms with E-state index in [1.54, 1.807) is 5.57 Å². The van der Waals surface area contributed by atoms with Crippen LogP contribution in [0.3, 0.4) is 0 Å². The van der Waals surface area contributed by atoms with Gasteiger partial charge >= 0.3 is 0 Å². The van der Waals surface area contributed by atoms with Crippen molar-refractivity contribution in [2.75, 3.05) is 0 Å². The van der Waals surface area contributed by atoms with Gasteiger partial charge in [-0.15, -0.1) is 0 Å². The minimum atomic E-state index is 0.405. The van der Waals surface area contributed by atoms with Gasteiger partial charge in [-0.1, -0.05) is 30.7 Å². The zero-order valence-electron chi connectivity index (χ0n) is 9.58. The first-order valence-electron chi connectivity index (χ1n) is 6.35. The Labute approximate surface area is 92.4 Å². The van der Waals surface area contributed by atoms with Gasteiger partial charge in [0, 0.05) is 12.0 Å². The molecule has 3 rings (SSSR count). The van der Waals surface area contributed by atoms with Gasteiger partial charge in [0.05, 0.1) is 0 Å². The largest absolute Gasteiger partial charge is 0.327 e. The Kier molecular flexibility index (Phi) is 2.07. The highest BCUT2D eigenvalue weighted by atomic mass is 14.7. The number of hydrogen-bond acceptors (Lipinski definition) is 1. The van der Waals surface area contributed by atoms with Crippen LogP contribution >= 0.6 is 0 Å². The van der Waals surface area contributed by atoms with E-state index in [2.05, 4.69) is 19.6 Å². The maximum absolute atomic E-state index is 6.35. The molecule has 15 heavy (non-hydrogen) atoms. The maximum Gasteiger partial charge on any atom is 0.0116 e. The first-order valence-corrected chi connectivity index (χ1v) is 6.35. The van der Waals surface area contributed by atoms with Crippen molar-refractivity contribution in [3.8, 4) is 0 Å². The highest BCUT2D eigenvalue weighted by molar-refractivity contribution is 5.33. The summed E-state index contributed by atoms with van der Waals surface area (Å²) in [4.78, 5) is 0. The van der Waals surface area contributed by atoms with E-state index in [-0.39, 0.29) is 0 Å². The average Bonchev–Trinajstić information content (AvgIpc) is 2.83. The standard InChI is InChI=1S/C14H21N/c1-3-9-7-12(15)14-11-5-4-10(6-11)13(14)8(9)2/h5,9-10,12-14H,2-4,6-7,15H2,1H3. The normalized spacial score (nSPS) is 48.0. The second-order valence-corrected chi connectivity index (χ2v) is 5.61. The van der Waals surface area contributed by atoms with E-state index in [4.69, 9.17) is 5.73 Å². The Bertz CT molecular complexity index is 328. The number of rotatable bonds is 1. The Morgan fingerprint density at radius 1 is 1.47 bits per heavy atom. The molecular formula is C14H21N. The minimum absolute atomic E-state index is 0.405. The zero-order valence-corrected chi connectivity index (χ0v) is 9.58. The van der Waals surface area contributed by atoms with Gasteiger partial charge in [0.2, 0.25) is 0 Å². The third-order valence-corrected chi connectivity index (χ3v) is 4.97. The van der Waals surface area contributed by atoms with Crippen LogP contribution in [0.1, 0.15) is 32.6 Å². The molecule has 0 saturated heterocycles. The molecule has 0 aromatic carbocycles. The van der Waals surface area contributed by atoms with Gasteiger partial charge in [0.15, 0.2) is 0 Å². The topological polar surface area (TPSA) is 26.0 Å². The molecule has 5 unspecified atom stereocenters. The molecule has 2 bridgehead atoms. The summed E-state index contributed by atoms with van der Waals surface area (Å²) in [5.41, 5.74) is 9.54. The smallest absolute Gasteiger partial charge is 0.0116 e. The van der Waals surface area contributed by atoms with E-state index in [9.17, 15) is 0 Å². The van der Waals surface area contributed by atoms with E-state index in [0.717, 1.165) is 11.8 Å². The Morgan fingerprint density at radius 3 is 3.00 bits per heavy atom. The molecule has 0 spiro atoms. The first-order chi connectivity index (χ1) is 7.22. The van der Waals surface area contributed by atoms with Crippen LogP contribution in [-0.2, 0) is 0 Å². The lowest BCUT2D eigenvalue weighted by Gasteiger charge is -2.42. The highest BCUT2D eigenvalue weighted by Gasteiger charge is 2.50. The summed E-state index contributed by atoms with van der Waals surface area (Å²) < 4.78 is 0. The third kappa shape index (κ3) is 1.19. The molecule has 0 heterocycles. The van der Waals surface area contributed by atoms with Crippen molar-refractivity contribution in [2.24, 2.45) is 29.4 Å². The summed E-state index contributed by atoms with van der Waals surface area (Å²) in [5, 5.41) is 0. The minimum Gasteiger partial charge on any atom is -0.327 e. The summed E-state index contributed by atoms with van der Waals surface area (Å²) in [6.07, 6.45) is 7.45. The number of hydrogen-bond donors (Lipinski definition) is 1. The lowest BCUT2D eigenvalue weighted by molar-refractivity contribution is 0.226. The molecular weight excluding hydrogens is 182 g/mol. The average molecular weight is 203 g/mol. The molecule has 2 saturated carbocycles. The van der Waals surface area contributed by atoms with Gasteiger partial charge in [0.1, 0.15) is 0 Å². The predicted octanol–water partition coefficient (Wildman–Crippen LogP) is 2.88. The molecule has 82 valence electrons. The Balaban J connectivity index is 1.94. The molecule has 2 fully saturated rings. The molecule has 0 amide bonds. The maximum atomic E-state index is 6.35. The molecule has 0 aromatic heterocycles. The van der Waals surface area contributed by atoms with Crippen LogP contribution in [0.15, 0.2) is 23.8 Å². The molecule has 0 aliphatic heterocycles. The summed E-state index contributed by atoms with van der Waals surface area (Å²) in [6.45, 7) is 6.65. The summed E-state index contributed by atoms with van der Waals surface area (Å²) in [6, 6.07) is 0.405. The van der Waals surface area contributed by atoms with Crippen LogP contribution < -0.4 is 5.73 Å². The second kappa shape index (κ2) is 3.21. The van der Waals surface area contributed by atoms with Crippen LogP contribution in [0.4, 0.5) is 0 Å². The monoisotopic (exact) mass is 203 g/mol. The van der Waals surface area contributed by atoms with Gasteiger partial charge in [-0.05, 0) is 43.4 Å². The van der Waals surface area contributed by atoms with E-state index in [1.165, 1.54) is 31.3 Å². The Morgan fingerprint density at radius 2 is 2.27 bits per heavy atom. The van der Waals surface area contributed by atoms with Crippen LogP contribution in [0, 0.1) is 23.7 Å². The SMILES string of the molecule is C=C1C(CC)CC(N)C2C3=CCC(C3)C12. The predicted molar refractivity (Wildman–Crippen MR) is 63.3 cm³/mol. The molecule has 0 radical (unpaired) electrons. The fraction of sp³-hybridized carbons (Fsp3) is 0.714. The quantitative estimate of drug-likeness (QED) is 0.652. The van der Waals surface area contributed by atoms with E-state index < -0.39 is 0 Å². The van der Waals surface area contributed by atoms with Gasteiger partial charge < -0.3 is 5.73 Å². The zero-order chi connectivity index (χ0) is 10.6. The summed E-state index contributed by atoms with van der Waals surface area (Å²) in [5.74, 6) is 2.96. The van der Waals surface area contributed by atoms with Crippen molar-refractivity contribution in [1.82, 2.24) is 0 Å². The van der Waals surface area contributed by atoms with Crippen LogP contribution in [0.25, 0.3) is 0 Å². The van der Waals surface area contributed by atoms with Crippen molar-refractivity contribution >= 4 is 0 Å². The van der Waals surface area contributed by atoms with E-state index >= 15 is 0 Å². The molecule has 1 nitrogen and oxygen atoms in total. The van der Waals surface area contributed by atoms with Crippen molar-refractivity contribution < 1.29 is 0 Å². The fourth-order valence-corrected chi connectivity index (χ4v) is 4.24. The lowest BCUT2D eigenvalue weighted by Crippen LogP contribution is -2.43. The van der Waals surface area contributed by atoms with Crippen LogP contribution in [0.5, 0.6) is 0 Å². The van der Waals surface area contributed by atoms with Crippen molar-refractivity contribution in [3.05, 3.63) is 23.8 Å². The van der Waals surface area contributed by atoms with Crippen molar-refractivity contribution in [2.45, 2.75) is 38.6 Å². The fourth-order valence-electron chi connectivity index (χ4n) is 4.24. The molecule has 2 N–H and O–H groups in total. The molecule has 1 heteroatoms. The van der Waals surface area contributed by atoms with Crippen molar-refractivity contribution in [3.63, 3.8) is 0 Å². The summed E-state index contributed by atoms with van der Waals surface area (Å²) >= 11 is 0. The van der Waals surface area contributed by atoms with Gasteiger partial charge in [-0.3, -0.25) is 0 Å². The van der Waals surface area contributed by atoms with Gasteiger partial charge in [-0.25, -0.2) is 0 Å². The molecule has 3 aliphatic rings. The lowest BCUT2D eigenvalue weighted by atomic mass is 9.64. The van der Waals surface area contributed by atoms with Crippen LogP contribution in [-0.4, -0.2) is 6.04 Å². The van der Waals surface area contributed by atoms with Crippen LogP contribution in [0.2, 0.25) is 0 Å². The molecule has 3 aliphatic carbocycles. The number of fused-ring (bicyclic) bond motifs is 5. The highest BCUT2D eigenvalue weighted by Crippen LogP contribution is 2.57.